The van der Waals surface area contributed by atoms with E-state index in [9.17, 15) is 20.0 Å². The monoisotopic (exact) mass is 282 g/mol. The van der Waals surface area contributed by atoms with Crippen LogP contribution in [0.3, 0.4) is 0 Å². The van der Waals surface area contributed by atoms with Crippen LogP contribution in [0.25, 0.3) is 0 Å². The van der Waals surface area contributed by atoms with E-state index in [2.05, 4.69) is 0 Å². The van der Waals surface area contributed by atoms with Crippen LogP contribution in [0, 0.1) is 17.0 Å². The van der Waals surface area contributed by atoms with Crippen LogP contribution < -0.4 is 0 Å². The normalized spacial score (nSPS) is 12.0. The van der Waals surface area contributed by atoms with Gasteiger partial charge in [0, 0.05) is 26.8 Å². The first-order chi connectivity index (χ1) is 9.38. The Kier molecular flexibility index (Phi) is 5.60. The van der Waals surface area contributed by atoms with Gasteiger partial charge in [0.25, 0.3) is 11.6 Å². The van der Waals surface area contributed by atoms with Gasteiger partial charge < -0.3 is 14.7 Å². The van der Waals surface area contributed by atoms with Crippen LogP contribution in [0.5, 0.6) is 0 Å². The molecule has 1 N–H and O–H groups in total. The molecule has 1 aromatic rings. The summed E-state index contributed by atoms with van der Waals surface area (Å²) in [6, 6.07) is 4.46. The number of hydrogen-bond donors (Lipinski definition) is 1. The lowest BCUT2D eigenvalue weighted by molar-refractivity contribution is -0.385. The maximum atomic E-state index is 12.3. The molecule has 0 heterocycles. The number of rotatable bonds is 6. The van der Waals surface area contributed by atoms with Crippen LogP contribution in [0.4, 0.5) is 5.69 Å². The molecule has 1 rings (SSSR count). The van der Waals surface area contributed by atoms with Crippen molar-refractivity contribution in [1.82, 2.24) is 4.90 Å². The van der Waals surface area contributed by atoms with Crippen molar-refractivity contribution in [2.24, 2.45) is 0 Å². The molecule has 0 bridgehead atoms. The Morgan fingerprint density at radius 3 is 2.75 bits per heavy atom. The fourth-order valence-electron chi connectivity index (χ4n) is 1.92. The van der Waals surface area contributed by atoms with Crippen LogP contribution in [-0.4, -0.2) is 54.3 Å². The number of methoxy groups -OCH3 is 1. The molecule has 1 aromatic carbocycles. The molecule has 1 atom stereocenters. The number of benzene rings is 1. The quantitative estimate of drug-likeness (QED) is 0.620. The van der Waals surface area contributed by atoms with Gasteiger partial charge in [-0.25, -0.2) is 0 Å². The molecule has 0 aliphatic rings. The van der Waals surface area contributed by atoms with Crippen LogP contribution in [0.15, 0.2) is 18.2 Å². The van der Waals surface area contributed by atoms with Crippen LogP contribution >= 0.6 is 0 Å². The lowest BCUT2D eigenvalue weighted by atomic mass is 10.1. The number of carbonyl (C=O) groups excluding carboxylic acids is 1. The average Bonchev–Trinajstić information content (AvgIpc) is 2.37. The maximum absolute atomic E-state index is 12.3. The van der Waals surface area contributed by atoms with Gasteiger partial charge in [0.15, 0.2) is 0 Å². The summed E-state index contributed by atoms with van der Waals surface area (Å²) in [5.41, 5.74) is 0.338. The summed E-state index contributed by atoms with van der Waals surface area (Å²) >= 11 is 0. The van der Waals surface area contributed by atoms with E-state index < -0.39 is 16.9 Å². The predicted molar refractivity (Wildman–Crippen MR) is 72.7 cm³/mol. The molecule has 0 spiro atoms. The highest BCUT2D eigenvalue weighted by molar-refractivity contribution is 5.99. The van der Waals surface area contributed by atoms with Gasteiger partial charge in [0.1, 0.15) is 5.56 Å². The average molecular weight is 282 g/mol. The largest absolute Gasteiger partial charge is 0.389 e. The SMILES string of the molecule is COCC(O)CN(C)C(=O)c1c(C)cccc1[N+](=O)[O-]. The molecule has 0 aliphatic carbocycles. The summed E-state index contributed by atoms with van der Waals surface area (Å²) in [5.74, 6) is -0.495. The van der Waals surface area contributed by atoms with Gasteiger partial charge in [-0.1, -0.05) is 12.1 Å². The molecular weight excluding hydrogens is 264 g/mol. The molecule has 7 nitrogen and oxygen atoms in total. The number of aryl methyl sites for hydroxylation is 1. The van der Waals surface area contributed by atoms with Crippen molar-refractivity contribution >= 4 is 11.6 Å². The third kappa shape index (κ3) is 3.75. The molecule has 7 heteroatoms. The van der Waals surface area contributed by atoms with E-state index in [4.69, 9.17) is 4.74 Å². The van der Waals surface area contributed by atoms with Gasteiger partial charge in [0.05, 0.1) is 17.6 Å². The summed E-state index contributed by atoms with van der Waals surface area (Å²) in [5, 5.41) is 20.6. The number of nitro benzene ring substituents is 1. The topological polar surface area (TPSA) is 92.9 Å². The van der Waals surface area contributed by atoms with E-state index in [0.717, 1.165) is 0 Å². The Hall–Kier alpha value is -1.99. The summed E-state index contributed by atoms with van der Waals surface area (Å²) < 4.78 is 4.78. The van der Waals surface area contributed by atoms with Gasteiger partial charge in [-0.2, -0.15) is 0 Å². The van der Waals surface area contributed by atoms with Crippen molar-refractivity contribution in [3.63, 3.8) is 0 Å². The summed E-state index contributed by atoms with van der Waals surface area (Å²) in [6.07, 6.45) is -0.836. The van der Waals surface area contributed by atoms with Crippen LogP contribution in [0.1, 0.15) is 15.9 Å². The first-order valence-corrected chi connectivity index (χ1v) is 6.05. The molecule has 0 aliphatic heterocycles. The van der Waals surface area contributed by atoms with E-state index in [1.54, 1.807) is 13.0 Å². The number of aliphatic hydroxyl groups excluding tert-OH is 1. The van der Waals surface area contributed by atoms with E-state index >= 15 is 0 Å². The highest BCUT2D eigenvalue weighted by Crippen LogP contribution is 2.23. The second-order valence-corrected chi connectivity index (χ2v) is 4.52. The van der Waals surface area contributed by atoms with Gasteiger partial charge in [0.2, 0.25) is 0 Å². The number of carbonyl (C=O) groups is 1. The zero-order valence-electron chi connectivity index (χ0n) is 11.7. The van der Waals surface area contributed by atoms with E-state index in [-0.39, 0.29) is 24.4 Å². The zero-order valence-corrected chi connectivity index (χ0v) is 11.7. The second-order valence-electron chi connectivity index (χ2n) is 4.52. The van der Waals surface area contributed by atoms with Crippen LogP contribution in [0.2, 0.25) is 0 Å². The van der Waals surface area contributed by atoms with Crippen molar-refractivity contribution in [2.75, 3.05) is 27.3 Å². The molecule has 1 unspecified atom stereocenters. The summed E-state index contributed by atoms with van der Waals surface area (Å²) in [6.45, 7) is 1.77. The lowest BCUT2D eigenvalue weighted by Gasteiger charge is -2.21. The number of ether oxygens (including phenoxy) is 1. The van der Waals surface area contributed by atoms with E-state index in [1.807, 2.05) is 0 Å². The maximum Gasteiger partial charge on any atom is 0.282 e. The molecule has 20 heavy (non-hydrogen) atoms. The highest BCUT2D eigenvalue weighted by atomic mass is 16.6. The number of nitro groups is 1. The molecule has 0 saturated carbocycles. The van der Waals surface area contributed by atoms with Gasteiger partial charge in [-0.05, 0) is 12.5 Å². The Morgan fingerprint density at radius 1 is 1.55 bits per heavy atom. The number of likely N-dealkylation sites (N-methyl/N-ethyl adjacent to an activating group) is 1. The Morgan fingerprint density at radius 2 is 2.20 bits per heavy atom. The van der Waals surface area contributed by atoms with Crippen molar-refractivity contribution in [1.29, 1.82) is 0 Å². The molecule has 0 aromatic heterocycles. The molecule has 0 fully saturated rings. The van der Waals surface area contributed by atoms with Gasteiger partial charge in [-0.3, -0.25) is 14.9 Å². The van der Waals surface area contributed by atoms with Crippen molar-refractivity contribution in [3.8, 4) is 0 Å². The third-order valence-electron chi connectivity index (χ3n) is 2.85. The van der Waals surface area contributed by atoms with Crippen LogP contribution in [-0.2, 0) is 4.74 Å². The third-order valence-corrected chi connectivity index (χ3v) is 2.85. The number of hydrogen-bond acceptors (Lipinski definition) is 5. The van der Waals surface area contributed by atoms with Crippen molar-refractivity contribution in [2.45, 2.75) is 13.0 Å². The molecule has 0 radical (unpaired) electrons. The lowest BCUT2D eigenvalue weighted by Crippen LogP contribution is -2.36. The predicted octanol–water partition coefficient (Wildman–Crippen LogP) is 0.983. The Bertz CT molecular complexity index is 504. The molecule has 0 saturated heterocycles. The highest BCUT2D eigenvalue weighted by Gasteiger charge is 2.25. The Balaban J connectivity index is 3.00. The minimum atomic E-state index is -0.836. The number of aliphatic hydroxyl groups is 1. The van der Waals surface area contributed by atoms with Crippen molar-refractivity contribution in [3.05, 3.63) is 39.4 Å². The van der Waals surface area contributed by atoms with Gasteiger partial charge >= 0.3 is 0 Å². The Labute approximate surface area is 116 Å². The smallest absolute Gasteiger partial charge is 0.282 e. The fraction of sp³-hybridized carbons (Fsp3) is 0.462. The molecule has 1 amide bonds. The summed E-state index contributed by atoms with van der Waals surface area (Å²) in [7, 11) is 2.93. The minimum Gasteiger partial charge on any atom is -0.389 e. The molecular formula is C13H18N2O5. The standard InChI is InChI=1S/C13H18N2O5/c1-9-5-4-6-11(15(18)19)12(9)13(17)14(2)7-10(16)8-20-3/h4-6,10,16H,7-8H2,1-3H3. The molecule has 110 valence electrons. The van der Waals surface area contributed by atoms with E-state index in [0.29, 0.717) is 5.56 Å². The fourth-order valence-corrected chi connectivity index (χ4v) is 1.92. The first-order valence-electron chi connectivity index (χ1n) is 6.05. The van der Waals surface area contributed by atoms with Gasteiger partial charge in [-0.15, -0.1) is 0 Å². The van der Waals surface area contributed by atoms with E-state index in [1.165, 1.54) is 31.2 Å². The number of nitrogens with zero attached hydrogens (tertiary/aromatic N) is 2. The summed E-state index contributed by atoms with van der Waals surface area (Å²) in [4.78, 5) is 24.0. The second kappa shape index (κ2) is 6.97. The first kappa shape index (κ1) is 16.1. The zero-order chi connectivity index (χ0) is 15.3. The number of amides is 1. The van der Waals surface area contributed by atoms with Crippen molar-refractivity contribution < 1.29 is 19.6 Å². The minimum absolute atomic E-state index is 0.0398.